The molecule has 0 spiro atoms. The van der Waals surface area contributed by atoms with Crippen LogP contribution in [0.5, 0.6) is 0 Å². The van der Waals surface area contributed by atoms with Crippen molar-refractivity contribution in [3.8, 4) is 0 Å². The number of hydrogen-bond donors (Lipinski definition) is 1. The van der Waals surface area contributed by atoms with Gasteiger partial charge in [0.05, 0.1) is 16.6 Å². The molecule has 6 nitrogen and oxygen atoms in total. The molecule has 0 aliphatic carbocycles. The van der Waals surface area contributed by atoms with Crippen LogP contribution in [-0.2, 0) is 7.05 Å². The van der Waals surface area contributed by atoms with Gasteiger partial charge in [0.15, 0.2) is 5.65 Å². The minimum absolute atomic E-state index is 0.0793. The second-order valence-electron chi connectivity index (χ2n) is 5.77. The number of fused-ring (bicyclic) bond motifs is 1. The molecule has 1 N–H and O–H groups in total. The van der Waals surface area contributed by atoms with Crippen molar-refractivity contribution in [1.29, 1.82) is 0 Å². The van der Waals surface area contributed by atoms with Crippen molar-refractivity contribution >= 4 is 16.9 Å². The lowest BCUT2D eigenvalue weighted by Crippen LogP contribution is -2.52. The highest BCUT2D eigenvalue weighted by molar-refractivity contribution is 6.06. The van der Waals surface area contributed by atoms with Gasteiger partial charge >= 0.3 is 0 Å². The van der Waals surface area contributed by atoms with Crippen LogP contribution in [0.15, 0.2) is 6.07 Å². The zero-order chi connectivity index (χ0) is 15.1. The lowest BCUT2D eigenvalue weighted by atomic mass is 10.1. The first kappa shape index (κ1) is 14.0. The van der Waals surface area contributed by atoms with Gasteiger partial charge in [-0.25, -0.2) is 4.98 Å². The van der Waals surface area contributed by atoms with Crippen molar-refractivity contribution in [1.82, 2.24) is 25.0 Å². The molecule has 21 heavy (non-hydrogen) atoms. The number of nitrogens with one attached hydrogen (secondary N) is 1. The van der Waals surface area contributed by atoms with E-state index in [1.165, 1.54) is 0 Å². The Labute approximate surface area is 124 Å². The van der Waals surface area contributed by atoms with Gasteiger partial charge in [0.2, 0.25) is 0 Å². The van der Waals surface area contributed by atoms with Crippen LogP contribution in [0.25, 0.3) is 11.0 Å². The summed E-state index contributed by atoms with van der Waals surface area (Å²) in [5, 5.41) is 8.60. The fraction of sp³-hybridized carbons (Fsp3) is 0.533. The molecule has 1 aliphatic heterocycles. The fourth-order valence-electron chi connectivity index (χ4n) is 3.04. The van der Waals surface area contributed by atoms with Gasteiger partial charge in [0.1, 0.15) is 0 Å². The Balaban J connectivity index is 2.13. The molecule has 6 heteroatoms. The fourth-order valence-corrected chi connectivity index (χ4v) is 3.04. The molecule has 1 saturated heterocycles. The van der Waals surface area contributed by atoms with Gasteiger partial charge in [-0.05, 0) is 26.8 Å². The molecule has 0 unspecified atom stereocenters. The topological polar surface area (TPSA) is 63.1 Å². The Hall–Kier alpha value is -1.95. The summed E-state index contributed by atoms with van der Waals surface area (Å²) >= 11 is 0. The summed E-state index contributed by atoms with van der Waals surface area (Å²) in [7, 11) is 1.86. The van der Waals surface area contributed by atoms with Crippen LogP contribution in [0.1, 0.15) is 28.7 Å². The zero-order valence-corrected chi connectivity index (χ0v) is 13.0. The second kappa shape index (κ2) is 5.11. The molecule has 1 amide bonds. The molecule has 0 saturated carbocycles. The summed E-state index contributed by atoms with van der Waals surface area (Å²) in [6.45, 7) is 8.34. The van der Waals surface area contributed by atoms with Crippen LogP contribution < -0.4 is 5.32 Å². The van der Waals surface area contributed by atoms with Gasteiger partial charge in [-0.15, -0.1) is 0 Å². The number of pyridine rings is 1. The summed E-state index contributed by atoms with van der Waals surface area (Å²) in [6, 6.07) is 2.08. The summed E-state index contributed by atoms with van der Waals surface area (Å²) in [4.78, 5) is 19.4. The van der Waals surface area contributed by atoms with E-state index >= 15 is 0 Å². The van der Waals surface area contributed by atoms with Crippen LogP contribution in [0.2, 0.25) is 0 Å². The normalized spacial score (nSPS) is 19.2. The molecule has 112 valence electrons. The lowest BCUT2D eigenvalue weighted by Gasteiger charge is -2.34. The second-order valence-corrected chi connectivity index (χ2v) is 5.77. The van der Waals surface area contributed by atoms with Crippen LogP contribution in [-0.4, -0.2) is 51.2 Å². The third-order valence-corrected chi connectivity index (χ3v) is 4.09. The van der Waals surface area contributed by atoms with Crippen molar-refractivity contribution in [3.63, 3.8) is 0 Å². The largest absolute Gasteiger partial charge is 0.333 e. The van der Waals surface area contributed by atoms with Crippen molar-refractivity contribution in [2.24, 2.45) is 7.05 Å². The van der Waals surface area contributed by atoms with E-state index in [0.717, 1.165) is 47.6 Å². The minimum atomic E-state index is 0.0793. The first-order valence-corrected chi connectivity index (χ1v) is 7.31. The third-order valence-electron chi connectivity index (χ3n) is 4.09. The van der Waals surface area contributed by atoms with E-state index in [1.807, 2.05) is 31.9 Å². The smallest absolute Gasteiger partial charge is 0.255 e. The Morgan fingerprint density at radius 2 is 2.19 bits per heavy atom. The maximum atomic E-state index is 13.0. The van der Waals surface area contributed by atoms with E-state index in [2.05, 4.69) is 22.3 Å². The van der Waals surface area contributed by atoms with Gasteiger partial charge < -0.3 is 10.2 Å². The molecule has 1 aliphatic rings. The standard InChI is InChI=1S/C15H21N5O/c1-9-7-12(13-11(3)18-19(4)14(13)17-9)15(21)20-6-5-16-8-10(20)2/h7,10,16H,5-6,8H2,1-4H3/t10-/m1/s1. The van der Waals surface area contributed by atoms with E-state index < -0.39 is 0 Å². The zero-order valence-electron chi connectivity index (χ0n) is 13.0. The highest BCUT2D eigenvalue weighted by Crippen LogP contribution is 2.23. The van der Waals surface area contributed by atoms with Crippen molar-refractivity contribution in [2.45, 2.75) is 26.8 Å². The summed E-state index contributed by atoms with van der Waals surface area (Å²) in [5.41, 5.74) is 3.19. The molecule has 1 fully saturated rings. The summed E-state index contributed by atoms with van der Waals surface area (Å²) in [5.74, 6) is 0.0793. The van der Waals surface area contributed by atoms with Crippen molar-refractivity contribution in [3.05, 3.63) is 23.0 Å². The minimum Gasteiger partial charge on any atom is -0.333 e. The van der Waals surface area contributed by atoms with Gasteiger partial charge in [-0.2, -0.15) is 5.10 Å². The Morgan fingerprint density at radius 3 is 2.90 bits per heavy atom. The predicted octanol–water partition coefficient (Wildman–Crippen LogP) is 1.02. The number of carbonyl (C=O) groups excluding carboxylic acids is 1. The molecule has 2 aromatic heterocycles. The molecule has 2 aromatic rings. The van der Waals surface area contributed by atoms with Crippen LogP contribution >= 0.6 is 0 Å². The maximum Gasteiger partial charge on any atom is 0.255 e. The highest BCUT2D eigenvalue weighted by Gasteiger charge is 2.27. The van der Waals surface area contributed by atoms with Crippen LogP contribution in [0.4, 0.5) is 0 Å². The van der Waals surface area contributed by atoms with E-state index in [4.69, 9.17) is 0 Å². The average Bonchev–Trinajstić information content (AvgIpc) is 2.73. The number of piperazine rings is 1. The molecule has 0 bridgehead atoms. The molecular weight excluding hydrogens is 266 g/mol. The number of aryl methyl sites for hydroxylation is 3. The summed E-state index contributed by atoms with van der Waals surface area (Å²) in [6.07, 6.45) is 0. The summed E-state index contributed by atoms with van der Waals surface area (Å²) < 4.78 is 1.75. The number of nitrogens with zero attached hydrogens (tertiary/aromatic N) is 4. The monoisotopic (exact) mass is 287 g/mol. The number of rotatable bonds is 1. The third kappa shape index (κ3) is 2.29. The Kier molecular flexibility index (Phi) is 3.41. The Morgan fingerprint density at radius 1 is 1.43 bits per heavy atom. The van der Waals surface area contributed by atoms with E-state index in [-0.39, 0.29) is 11.9 Å². The van der Waals surface area contributed by atoms with E-state index in [0.29, 0.717) is 0 Å². The quantitative estimate of drug-likeness (QED) is 0.850. The van der Waals surface area contributed by atoms with Gasteiger partial charge in [-0.3, -0.25) is 9.48 Å². The van der Waals surface area contributed by atoms with Crippen molar-refractivity contribution in [2.75, 3.05) is 19.6 Å². The Bertz CT molecular complexity index is 706. The maximum absolute atomic E-state index is 13.0. The van der Waals surface area contributed by atoms with Crippen LogP contribution in [0.3, 0.4) is 0 Å². The molecule has 3 rings (SSSR count). The van der Waals surface area contributed by atoms with Gasteiger partial charge in [0, 0.05) is 38.4 Å². The molecular formula is C15H21N5O. The number of aromatic nitrogens is 3. The van der Waals surface area contributed by atoms with E-state index in [1.54, 1.807) is 4.68 Å². The number of carbonyl (C=O) groups is 1. The lowest BCUT2D eigenvalue weighted by molar-refractivity contribution is 0.0657. The van der Waals surface area contributed by atoms with Crippen LogP contribution in [0, 0.1) is 13.8 Å². The highest BCUT2D eigenvalue weighted by atomic mass is 16.2. The van der Waals surface area contributed by atoms with E-state index in [9.17, 15) is 4.79 Å². The molecule has 3 heterocycles. The van der Waals surface area contributed by atoms with Gasteiger partial charge in [0.25, 0.3) is 5.91 Å². The first-order chi connectivity index (χ1) is 9.99. The predicted molar refractivity (Wildman–Crippen MR) is 81.4 cm³/mol. The number of hydrogen-bond acceptors (Lipinski definition) is 4. The molecule has 0 aromatic carbocycles. The van der Waals surface area contributed by atoms with Crippen molar-refractivity contribution < 1.29 is 4.79 Å². The molecule has 1 atom stereocenters. The SMILES string of the molecule is Cc1cc(C(=O)N2CCNC[C@H]2C)c2c(C)nn(C)c2n1. The molecule has 0 radical (unpaired) electrons. The average molecular weight is 287 g/mol. The number of amides is 1. The first-order valence-electron chi connectivity index (χ1n) is 7.31. The van der Waals surface area contributed by atoms with Gasteiger partial charge in [-0.1, -0.05) is 0 Å².